The molecule has 5 heteroatoms. The van der Waals surface area contributed by atoms with Crippen LogP contribution in [0.2, 0.25) is 0 Å². The SMILES string of the molecule is CCOc1cc2c(c3c1OC(C)(C)C3)C(c1ccccc1)=NC(C)(CNC(=O)c1ccccc1)C2. The van der Waals surface area contributed by atoms with Gasteiger partial charge in [-0.1, -0.05) is 48.5 Å². The van der Waals surface area contributed by atoms with E-state index in [4.69, 9.17) is 14.5 Å². The molecule has 5 rings (SSSR count). The first-order valence-electron chi connectivity index (χ1n) is 12.3. The van der Waals surface area contributed by atoms with Crippen LogP contribution in [0, 0.1) is 0 Å². The van der Waals surface area contributed by atoms with Crippen LogP contribution < -0.4 is 14.8 Å². The van der Waals surface area contributed by atoms with Crippen molar-refractivity contribution in [1.82, 2.24) is 5.32 Å². The lowest BCUT2D eigenvalue weighted by Crippen LogP contribution is -2.44. The van der Waals surface area contributed by atoms with Crippen molar-refractivity contribution >= 4 is 11.6 Å². The zero-order valence-electron chi connectivity index (χ0n) is 20.9. The minimum atomic E-state index is -0.505. The second kappa shape index (κ2) is 8.88. The number of fused-ring (bicyclic) bond motifs is 3. The highest BCUT2D eigenvalue weighted by Crippen LogP contribution is 2.48. The number of aliphatic imine (C=N–C) groups is 1. The maximum Gasteiger partial charge on any atom is 0.251 e. The van der Waals surface area contributed by atoms with Gasteiger partial charge >= 0.3 is 0 Å². The molecule has 2 aliphatic heterocycles. The fourth-order valence-corrected chi connectivity index (χ4v) is 5.11. The Hall–Kier alpha value is -3.60. The van der Waals surface area contributed by atoms with Gasteiger partial charge in [-0.15, -0.1) is 0 Å². The van der Waals surface area contributed by atoms with E-state index in [-0.39, 0.29) is 11.5 Å². The number of amides is 1. The standard InChI is InChI=1S/C30H32N2O3/c1-5-34-24-16-22-17-30(4,19-31-28(33)21-14-10-7-11-15-21)32-26(20-12-8-6-9-13-20)25(22)23-18-29(2,3)35-27(23)24/h6-16H,5,17-19H2,1-4H3,(H,31,33). The summed E-state index contributed by atoms with van der Waals surface area (Å²) in [5.74, 6) is 1.53. The van der Waals surface area contributed by atoms with Gasteiger partial charge in [0.25, 0.3) is 5.91 Å². The smallest absolute Gasteiger partial charge is 0.251 e. The lowest BCUT2D eigenvalue weighted by Gasteiger charge is -2.34. The lowest BCUT2D eigenvalue weighted by molar-refractivity contribution is 0.0944. The van der Waals surface area contributed by atoms with Crippen LogP contribution in [0.15, 0.2) is 71.7 Å². The van der Waals surface area contributed by atoms with Crippen molar-refractivity contribution in [2.75, 3.05) is 13.2 Å². The molecule has 0 spiro atoms. The summed E-state index contributed by atoms with van der Waals surface area (Å²) in [6, 6.07) is 21.7. The molecule has 5 nitrogen and oxygen atoms in total. The van der Waals surface area contributed by atoms with Crippen molar-refractivity contribution in [3.8, 4) is 11.5 Å². The fourth-order valence-electron chi connectivity index (χ4n) is 5.11. The molecule has 0 saturated heterocycles. The first-order valence-corrected chi connectivity index (χ1v) is 12.3. The fraction of sp³-hybridized carbons (Fsp3) is 0.333. The quantitative estimate of drug-likeness (QED) is 0.528. The van der Waals surface area contributed by atoms with Crippen LogP contribution in [0.25, 0.3) is 0 Å². The maximum atomic E-state index is 12.8. The highest BCUT2D eigenvalue weighted by atomic mass is 16.5. The van der Waals surface area contributed by atoms with Gasteiger partial charge < -0.3 is 14.8 Å². The van der Waals surface area contributed by atoms with Crippen LogP contribution in [-0.4, -0.2) is 35.9 Å². The Labute approximate surface area is 207 Å². The number of rotatable bonds is 6. The van der Waals surface area contributed by atoms with Gasteiger partial charge in [0.05, 0.1) is 17.9 Å². The van der Waals surface area contributed by atoms with Crippen LogP contribution in [0.4, 0.5) is 0 Å². The highest BCUT2D eigenvalue weighted by Gasteiger charge is 2.41. The predicted octanol–water partition coefficient (Wildman–Crippen LogP) is 5.38. The first kappa shape index (κ1) is 23.2. The summed E-state index contributed by atoms with van der Waals surface area (Å²) in [5, 5.41) is 3.12. The van der Waals surface area contributed by atoms with E-state index in [0.717, 1.165) is 40.3 Å². The summed E-state index contributed by atoms with van der Waals surface area (Å²) in [7, 11) is 0. The van der Waals surface area contributed by atoms with Gasteiger partial charge in [-0.25, -0.2) is 0 Å². The van der Waals surface area contributed by atoms with Gasteiger partial charge in [-0.05, 0) is 57.9 Å². The molecule has 0 aromatic heterocycles. The predicted molar refractivity (Wildman–Crippen MR) is 139 cm³/mol. The van der Waals surface area contributed by atoms with E-state index in [2.05, 4.69) is 44.3 Å². The van der Waals surface area contributed by atoms with Crippen LogP contribution in [0.5, 0.6) is 11.5 Å². The third-order valence-electron chi connectivity index (χ3n) is 6.61. The minimum Gasteiger partial charge on any atom is -0.490 e. The Morgan fingerprint density at radius 2 is 1.71 bits per heavy atom. The van der Waals surface area contributed by atoms with E-state index in [1.54, 1.807) is 0 Å². The second-order valence-electron chi connectivity index (χ2n) is 10.2. The van der Waals surface area contributed by atoms with Crippen molar-refractivity contribution in [2.45, 2.75) is 51.7 Å². The zero-order chi connectivity index (χ0) is 24.6. The molecular weight excluding hydrogens is 436 g/mol. The van der Waals surface area contributed by atoms with Gasteiger partial charge in [0, 0.05) is 35.2 Å². The number of nitrogens with one attached hydrogen (secondary N) is 1. The van der Waals surface area contributed by atoms with E-state index in [1.165, 1.54) is 5.56 Å². The van der Waals surface area contributed by atoms with Gasteiger partial charge in [-0.3, -0.25) is 9.79 Å². The Balaban J connectivity index is 1.58. The molecule has 0 bridgehead atoms. The lowest BCUT2D eigenvalue weighted by atomic mass is 9.80. The molecule has 0 aliphatic carbocycles. The summed E-state index contributed by atoms with van der Waals surface area (Å²) < 4.78 is 12.4. The highest BCUT2D eigenvalue weighted by molar-refractivity contribution is 6.16. The Bertz CT molecular complexity index is 1280. The van der Waals surface area contributed by atoms with Crippen molar-refractivity contribution in [3.63, 3.8) is 0 Å². The van der Waals surface area contributed by atoms with Crippen molar-refractivity contribution < 1.29 is 14.3 Å². The van der Waals surface area contributed by atoms with Crippen LogP contribution in [0.1, 0.15) is 60.3 Å². The Morgan fingerprint density at radius 1 is 1.03 bits per heavy atom. The van der Waals surface area contributed by atoms with E-state index in [1.807, 2.05) is 55.5 Å². The third-order valence-corrected chi connectivity index (χ3v) is 6.61. The first-order chi connectivity index (χ1) is 16.8. The van der Waals surface area contributed by atoms with Crippen LogP contribution >= 0.6 is 0 Å². The van der Waals surface area contributed by atoms with E-state index >= 15 is 0 Å². The molecule has 1 atom stereocenters. The van der Waals surface area contributed by atoms with Gasteiger partial charge in [0.15, 0.2) is 11.5 Å². The van der Waals surface area contributed by atoms with Crippen LogP contribution in [0.3, 0.4) is 0 Å². The monoisotopic (exact) mass is 468 g/mol. The molecule has 180 valence electrons. The Kier molecular flexibility index (Phi) is 5.87. The summed E-state index contributed by atoms with van der Waals surface area (Å²) in [6.07, 6.45) is 1.49. The van der Waals surface area contributed by atoms with E-state index < -0.39 is 5.54 Å². The molecule has 3 aromatic rings. The van der Waals surface area contributed by atoms with E-state index in [0.29, 0.717) is 25.1 Å². The Morgan fingerprint density at radius 3 is 2.40 bits per heavy atom. The van der Waals surface area contributed by atoms with Gasteiger partial charge in [-0.2, -0.15) is 0 Å². The van der Waals surface area contributed by atoms with E-state index in [9.17, 15) is 4.79 Å². The number of benzene rings is 3. The summed E-state index contributed by atoms with van der Waals surface area (Å²) in [6.45, 7) is 9.32. The third kappa shape index (κ3) is 4.55. The summed E-state index contributed by atoms with van der Waals surface area (Å²) in [5.41, 5.74) is 5.33. The molecule has 1 unspecified atom stereocenters. The normalized spacial score (nSPS) is 19.7. The number of carbonyl (C=O) groups is 1. The number of nitrogens with zero attached hydrogens (tertiary/aromatic N) is 1. The van der Waals surface area contributed by atoms with Gasteiger partial charge in [0.1, 0.15) is 5.60 Å². The van der Waals surface area contributed by atoms with Crippen molar-refractivity contribution in [1.29, 1.82) is 0 Å². The van der Waals surface area contributed by atoms with Gasteiger partial charge in [0.2, 0.25) is 0 Å². The average Bonchev–Trinajstić information content (AvgIpc) is 3.18. The molecule has 0 fully saturated rings. The maximum absolute atomic E-state index is 12.8. The average molecular weight is 469 g/mol. The molecule has 2 aliphatic rings. The molecular formula is C30H32N2O3. The number of hydrogen-bond donors (Lipinski definition) is 1. The largest absolute Gasteiger partial charge is 0.490 e. The van der Waals surface area contributed by atoms with Crippen molar-refractivity contribution in [2.24, 2.45) is 4.99 Å². The number of hydrogen-bond acceptors (Lipinski definition) is 4. The molecule has 2 heterocycles. The zero-order valence-corrected chi connectivity index (χ0v) is 20.9. The number of carbonyl (C=O) groups excluding carboxylic acids is 1. The molecule has 1 amide bonds. The molecule has 35 heavy (non-hydrogen) atoms. The second-order valence-corrected chi connectivity index (χ2v) is 10.2. The van der Waals surface area contributed by atoms with Crippen molar-refractivity contribution in [3.05, 3.63) is 94.5 Å². The molecule has 0 saturated carbocycles. The summed E-state index contributed by atoms with van der Waals surface area (Å²) >= 11 is 0. The van der Waals surface area contributed by atoms with Crippen LogP contribution in [-0.2, 0) is 12.8 Å². The topological polar surface area (TPSA) is 59.9 Å². The molecule has 3 aromatic carbocycles. The minimum absolute atomic E-state index is 0.0896. The summed E-state index contributed by atoms with van der Waals surface area (Å²) in [4.78, 5) is 18.1. The number of ether oxygens (including phenoxy) is 2. The molecule has 1 N–H and O–H groups in total. The molecule has 0 radical (unpaired) electrons.